The predicted molar refractivity (Wildman–Crippen MR) is 70.5 cm³/mol. The van der Waals surface area contributed by atoms with Crippen LogP contribution in [-0.4, -0.2) is 30.5 Å². The highest BCUT2D eigenvalue weighted by molar-refractivity contribution is 8.13. The average Bonchev–Trinajstić information content (AvgIpc) is 2.76. The van der Waals surface area contributed by atoms with E-state index in [0.29, 0.717) is 6.42 Å². The molecule has 0 aliphatic heterocycles. The van der Waals surface area contributed by atoms with Crippen LogP contribution in [0, 0.1) is 0 Å². The van der Waals surface area contributed by atoms with E-state index >= 15 is 0 Å². The fourth-order valence-electron chi connectivity index (χ4n) is 1.44. The van der Waals surface area contributed by atoms with E-state index in [1.807, 2.05) is 6.92 Å². The number of alkyl halides is 3. The van der Waals surface area contributed by atoms with Crippen molar-refractivity contribution in [1.82, 2.24) is 9.78 Å². The molecule has 0 aliphatic rings. The summed E-state index contributed by atoms with van der Waals surface area (Å²) in [6.45, 7) is 3.06. The molecule has 1 unspecified atom stereocenters. The lowest BCUT2D eigenvalue weighted by Crippen LogP contribution is -2.13. The largest absolute Gasteiger partial charge is 0.390 e. The van der Waals surface area contributed by atoms with Crippen molar-refractivity contribution in [3.63, 3.8) is 0 Å². The van der Waals surface area contributed by atoms with Crippen LogP contribution in [0.1, 0.15) is 32.4 Å². The van der Waals surface area contributed by atoms with Crippen LogP contribution in [0.4, 0.5) is 13.2 Å². The second kappa shape index (κ2) is 6.97. The van der Waals surface area contributed by atoms with Crippen LogP contribution in [0.2, 0.25) is 0 Å². The molecule has 0 spiro atoms. The molecule has 0 aromatic carbocycles. The Hall–Kier alpha value is -0.800. The van der Waals surface area contributed by atoms with Crippen LogP contribution in [0.15, 0.2) is 11.1 Å². The van der Waals surface area contributed by atoms with E-state index in [-0.39, 0.29) is 23.3 Å². The summed E-state index contributed by atoms with van der Waals surface area (Å²) >= 11 is 0. The van der Waals surface area contributed by atoms with Crippen LogP contribution >= 0.6 is 10.7 Å². The van der Waals surface area contributed by atoms with Crippen LogP contribution in [0.25, 0.3) is 0 Å². The first-order valence-electron chi connectivity index (χ1n) is 6.22. The van der Waals surface area contributed by atoms with Crippen molar-refractivity contribution in [1.29, 1.82) is 0 Å². The molecule has 1 atom stereocenters. The first-order chi connectivity index (χ1) is 9.53. The van der Waals surface area contributed by atoms with Gasteiger partial charge < -0.3 is 4.74 Å². The minimum Gasteiger partial charge on any atom is -0.372 e. The maximum absolute atomic E-state index is 12.2. The molecule has 5 nitrogen and oxygen atoms in total. The van der Waals surface area contributed by atoms with Crippen molar-refractivity contribution in [3.05, 3.63) is 11.9 Å². The second-order valence-corrected chi connectivity index (χ2v) is 7.07. The van der Waals surface area contributed by atoms with Gasteiger partial charge in [0, 0.05) is 23.4 Å². The summed E-state index contributed by atoms with van der Waals surface area (Å²) in [6, 6.07) is 0. The normalized spacial score (nSPS) is 14.4. The molecule has 0 amide bonds. The van der Waals surface area contributed by atoms with Crippen molar-refractivity contribution < 1.29 is 26.3 Å². The van der Waals surface area contributed by atoms with Gasteiger partial charge in [-0.3, -0.25) is 4.68 Å². The molecule has 21 heavy (non-hydrogen) atoms. The third-order valence-electron chi connectivity index (χ3n) is 2.77. The minimum absolute atomic E-state index is 0.00692. The van der Waals surface area contributed by atoms with Gasteiger partial charge in [0.05, 0.1) is 19.1 Å². The molecular weight excluding hydrogens is 333 g/mol. The van der Waals surface area contributed by atoms with Gasteiger partial charge in [0.1, 0.15) is 10.6 Å². The van der Waals surface area contributed by atoms with E-state index in [9.17, 15) is 21.6 Å². The lowest BCUT2D eigenvalue weighted by molar-refractivity contribution is -0.137. The summed E-state index contributed by atoms with van der Waals surface area (Å²) in [6.07, 6.45) is -3.89. The Morgan fingerprint density at radius 2 is 2.10 bits per heavy atom. The van der Waals surface area contributed by atoms with E-state index < -0.39 is 28.2 Å². The van der Waals surface area contributed by atoms with Crippen molar-refractivity contribution in [2.75, 3.05) is 0 Å². The highest BCUT2D eigenvalue weighted by Crippen LogP contribution is 2.23. The monoisotopic (exact) mass is 348 g/mol. The zero-order chi connectivity index (χ0) is 16.3. The van der Waals surface area contributed by atoms with E-state index in [2.05, 4.69) is 5.10 Å². The van der Waals surface area contributed by atoms with Gasteiger partial charge in [0.15, 0.2) is 0 Å². The van der Waals surface area contributed by atoms with Gasteiger partial charge >= 0.3 is 6.18 Å². The van der Waals surface area contributed by atoms with Crippen LogP contribution in [-0.2, 0) is 26.9 Å². The SMILES string of the molecule is CCC(C)OCc1nn(CCC(F)(F)F)cc1S(=O)(=O)Cl. The minimum atomic E-state index is -4.35. The Kier molecular flexibility index (Phi) is 6.06. The molecule has 1 aromatic rings. The Balaban J connectivity index is 2.92. The van der Waals surface area contributed by atoms with Crippen molar-refractivity contribution in [2.45, 2.75) is 57.0 Å². The maximum Gasteiger partial charge on any atom is 0.390 e. The van der Waals surface area contributed by atoms with Gasteiger partial charge in [-0.2, -0.15) is 18.3 Å². The summed E-state index contributed by atoms with van der Waals surface area (Å²) in [5.74, 6) is 0. The van der Waals surface area contributed by atoms with E-state index in [4.69, 9.17) is 15.4 Å². The van der Waals surface area contributed by atoms with Crippen molar-refractivity contribution in [2.24, 2.45) is 0 Å². The smallest absolute Gasteiger partial charge is 0.372 e. The predicted octanol–water partition coefficient (Wildman–Crippen LogP) is 3.08. The molecule has 10 heteroatoms. The quantitative estimate of drug-likeness (QED) is 0.710. The molecule has 0 bridgehead atoms. The van der Waals surface area contributed by atoms with E-state index in [1.165, 1.54) is 0 Å². The van der Waals surface area contributed by atoms with Gasteiger partial charge in [0.25, 0.3) is 9.05 Å². The number of nitrogens with zero attached hydrogens (tertiary/aromatic N) is 2. The molecule has 1 aromatic heterocycles. The number of hydrogen-bond acceptors (Lipinski definition) is 4. The topological polar surface area (TPSA) is 61.2 Å². The summed E-state index contributed by atoms with van der Waals surface area (Å²) in [7, 11) is 1.16. The number of rotatable bonds is 7. The first kappa shape index (κ1) is 18.2. The average molecular weight is 349 g/mol. The summed E-state index contributed by atoms with van der Waals surface area (Å²) < 4.78 is 65.6. The highest BCUT2D eigenvalue weighted by Gasteiger charge is 2.28. The second-order valence-electron chi connectivity index (χ2n) is 4.54. The van der Waals surface area contributed by atoms with Crippen LogP contribution in [0.3, 0.4) is 0 Å². The Labute approximate surface area is 125 Å². The summed E-state index contributed by atoms with van der Waals surface area (Å²) in [5, 5.41) is 3.81. The number of hydrogen-bond donors (Lipinski definition) is 0. The molecule has 122 valence electrons. The lowest BCUT2D eigenvalue weighted by atomic mass is 10.3. The number of halogens is 4. The summed E-state index contributed by atoms with van der Waals surface area (Å²) in [4.78, 5) is -0.324. The molecule has 0 aliphatic carbocycles. The Morgan fingerprint density at radius 1 is 1.48 bits per heavy atom. The highest BCUT2D eigenvalue weighted by atomic mass is 35.7. The Morgan fingerprint density at radius 3 is 2.57 bits per heavy atom. The first-order valence-corrected chi connectivity index (χ1v) is 8.53. The van der Waals surface area contributed by atoms with Gasteiger partial charge in [-0.15, -0.1) is 0 Å². The van der Waals surface area contributed by atoms with Crippen molar-refractivity contribution >= 4 is 19.7 Å². The van der Waals surface area contributed by atoms with Crippen molar-refractivity contribution in [3.8, 4) is 0 Å². The fraction of sp³-hybridized carbons (Fsp3) is 0.727. The van der Waals surface area contributed by atoms with Gasteiger partial charge in [-0.05, 0) is 13.3 Å². The van der Waals surface area contributed by atoms with E-state index in [1.54, 1.807) is 6.92 Å². The molecule has 1 heterocycles. The molecular formula is C11H16ClF3N2O3S. The van der Waals surface area contributed by atoms with E-state index in [0.717, 1.165) is 10.9 Å². The zero-order valence-electron chi connectivity index (χ0n) is 11.5. The van der Waals surface area contributed by atoms with Gasteiger partial charge in [0.2, 0.25) is 0 Å². The lowest BCUT2D eigenvalue weighted by Gasteiger charge is -2.09. The molecule has 0 N–H and O–H groups in total. The molecule has 0 saturated heterocycles. The standard InChI is InChI=1S/C11H16ClF3N2O3S/c1-3-8(2)20-7-9-10(21(12,18)19)6-17(16-9)5-4-11(13,14)15/h6,8H,3-5,7H2,1-2H3. The Bertz CT molecular complexity index is 572. The summed E-state index contributed by atoms with van der Waals surface area (Å²) in [5.41, 5.74) is 0.00692. The van der Waals surface area contributed by atoms with Gasteiger partial charge in [-0.25, -0.2) is 8.42 Å². The number of aryl methyl sites for hydroxylation is 1. The molecule has 1 rings (SSSR count). The third kappa shape index (κ3) is 6.23. The van der Waals surface area contributed by atoms with Crippen LogP contribution in [0.5, 0.6) is 0 Å². The fourth-order valence-corrected chi connectivity index (χ4v) is 2.46. The molecule has 0 fully saturated rings. The van der Waals surface area contributed by atoms with Crippen LogP contribution < -0.4 is 0 Å². The third-order valence-corrected chi connectivity index (χ3v) is 4.13. The molecule has 0 radical (unpaired) electrons. The zero-order valence-corrected chi connectivity index (χ0v) is 13.1. The number of aromatic nitrogens is 2. The van der Waals surface area contributed by atoms with Gasteiger partial charge in [-0.1, -0.05) is 6.92 Å². The maximum atomic E-state index is 12.2. The molecule has 0 saturated carbocycles. The number of ether oxygens (including phenoxy) is 1.